The smallest absolute Gasteiger partial charge is 0.323 e. The van der Waals surface area contributed by atoms with E-state index in [1.54, 1.807) is 18.5 Å². The second-order valence-electron chi connectivity index (χ2n) is 5.69. The highest BCUT2D eigenvalue weighted by Gasteiger charge is 2.35. The van der Waals surface area contributed by atoms with Crippen molar-refractivity contribution in [1.29, 1.82) is 0 Å². The predicted molar refractivity (Wildman–Crippen MR) is 88.7 cm³/mol. The molecule has 7 nitrogen and oxygen atoms in total. The van der Waals surface area contributed by atoms with Crippen molar-refractivity contribution in [2.24, 2.45) is 7.05 Å². The molecule has 1 aliphatic rings. The van der Waals surface area contributed by atoms with E-state index < -0.39 is 28.8 Å². The zero-order chi connectivity index (χ0) is 19.1. The lowest BCUT2D eigenvalue weighted by atomic mass is 10.1. The molecule has 1 unspecified atom stereocenters. The number of thioether (sulfide) groups is 1. The van der Waals surface area contributed by atoms with Crippen LogP contribution in [0.15, 0.2) is 29.7 Å². The molecule has 3 rings (SSSR count). The number of benzene rings is 1. The summed E-state index contributed by atoms with van der Waals surface area (Å²) in [6.07, 6.45) is -3.05. The number of fused-ring (bicyclic) bond motifs is 1. The van der Waals surface area contributed by atoms with Gasteiger partial charge in [0.2, 0.25) is 11.8 Å². The highest BCUT2D eigenvalue weighted by molar-refractivity contribution is 8.00. The van der Waals surface area contributed by atoms with Crippen molar-refractivity contribution >= 4 is 35.0 Å². The van der Waals surface area contributed by atoms with Gasteiger partial charge in [-0.2, -0.15) is 13.2 Å². The first-order chi connectivity index (χ1) is 12.2. The van der Waals surface area contributed by atoms with Crippen LogP contribution >= 0.6 is 11.8 Å². The van der Waals surface area contributed by atoms with Crippen molar-refractivity contribution in [3.05, 3.63) is 30.1 Å². The lowest BCUT2D eigenvalue weighted by Gasteiger charge is -2.31. The molecule has 2 heterocycles. The first-order valence-corrected chi connectivity index (χ1v) is 8.38. The largest absolute Gasteiger partial charge is 0.416 e. The second kappa shape index (κ2) is 6.63. The molecule has 1 N–H and O–H groups in total. The van der Waals surface area contributed by atoms with Crippen LogP contribution in [0.2, 0.25) is 0 Å². The summed E-state index contributed by atoms with van der Waals surface area (Å²) in [5.74, 6) is -0.963. The molecule has 1 aromatic carbocycles. The average molecular weight is 385 g/mol. The van der Waals surface area contributed by atoms with E-state index in [-0.39, 0.29) is 17.9 Å². The molecule has 0 radical (unpaired) electrons. The Balaban J connectivity index is 1.88. The molecule has 0 spiro atoms. The van der Waals surface area contributed by atoms with Crippen LogP contribution in [0.25, 0.3) is 0 Å². The van der Waals surface area contributed by atoms with Crippen molar-refractivity contribution in [1.82, 2.24) is 14.8 Å². The number of rotatable bonds is 3. The Morgan fingerprint density at radius 2 is 2.12 bits per heavy atom. The van der Waals surface area contributed by atoms with Gasteiger partial charge < -0.3 is 9.88 Å². The predicted octanol–water partition coefficient (Wildman–Crippen LogP) is 2.30. The van der Waals surface area contributed by atoms with Gasteiger partial charge in [0.1, 0.15) is 12.9 Å². The minimum Gasteiger partial charge on any atom is -0.323 e. The van der Waals surface area contributed by atoms with E-state index in [0.29, 0.717) is 5.16 Å². The number of nitrogens with zero attached hydrogens (tertiary/aromatic N) is 4. The van der Waals surface area contributed by atoms with Gasteiger partial charge in [-0.3, -0.25) is 14.5 Å². The molecule has 1 atom stereocenters. The Kier molecular flexibility index (Phi) is 4.65. The number of aromatic nitrogens is 3. The first-order valence-electron chi connectivity index (χ1n) is 7.50. The molecular weight excluding hydrogens is 371 g/mol. The lowest BCUT2D eigenvalue weighted by Crippen LogP contribution is -2.45. The molecular formula is C15H14F3N5O2S. The average Bonchev–Trinajstić information content (AvgIpc) is 2.96. The molecule has 0 saturated heterocycles. The summed E-state index contributed by atoms with van der Waals surface area (Å²) in [6, 6.07) is 2.90. The maximum Gasteiger partial charge on any atom is 0.416 e. The van der Waals surface area contributed by atoms with Gasteiger partial charge in [0.05, 0.1) is 22.2 Å². The topological polar surface area (TPSA) is 80.1 Å². The minimum atomic E-state index is -4.54. The summed E-state index contributed by atoms with van der Waals surface area (Å²) >= 11 is 1.15. The van der Waals surface area contributed by atoms with Crippen molar-refractivity contribution in [3.8, 4) is 0 Å². The molecule has 0 aliphatic carbocycles. The Labute approximate surface area is 150 Å². The number of anilines is 2. The van der Waals surface area contributed by atoms with Crippen molar-refractivity contribution in [2.45, 2.75) is 23.5 Å². The Hall–Kier alpha value is -2.56. The fourth-order valence-corrected chi connectivity index (χ4v) is 3.32. The number of hydrogen-bond donors (Lipinski definition) is 1. The SMILES string of the molecule is CC(Sc1nncn1C)C(=O)N1CC(=O)Nc2cc(C(F)(F)F)ccc21. The number of amides is 2. The number of nitrogens with one attached hydrogen (secondary N) is 1. The van der Waals surface area contributed by atoms with E-state index in [9.17, 15) is 22.8 Å². The monoisotopic (exact) mass is 385 g/mol. The molecule has 1 aliphatic heterocycles. The number of halogens is 3. The lowest BCUT2D eigenvalue weighted by molar-refractivity contribution is -0.137. The minimum absolute atomic E-state index is 0.0414. The van der Waals surface area contributed by atoms with E-state index >= 15 is 0 Å². The third-order valence-corrected chi connectivity index (χ3v) is 4.89. The van der Waals surface area contributed by atoms with E-state index in [2.05, 4.69) is 15.5 Å². The summed E-state index contributed by atoms with van der Waals surface area (Å²) in [4.78, 5) is 25.8. The third kappa shape index (κ3) is 3.52. The summed E-state index contributed by atoms with van der Waals surface area (Å²) in [5.41, 5.74) is -0.708. The van der Waals surface area contributed by atoms with Crippen LogP contribution in [-0.4, -0.2) is 38.4 Å². The Morgan fingerprint density at radius 3 is 2.73 bits per heavy atom. The highest BCUT2D eigenvalue weighted by atomic mass is 32.2. The van der Waals surface area contributed by atoms with Crippen molar-refractivity contribution in [2.75, 3.05) is 16.8 Å². The number of aryl methyl sites for hydroxylation is 1. The Morgan fingerprint density at radius 1 is 1.38 bits per heavy atom. The molecule has 26 heavy (non-hydrogen) atoms. The number of hydrogen-bond acceptors (Lipinski definition) is 5. The normalized spacial score (nSPS) is 15.4. The summed E-state index contributed by atoms with van der Waals surface area (Å²) < 4.78 is 40.3. The zero-order valence-electron chi connectivity index (χ0n) is 13.7. The summed E-state index contributed by atoms with van der Waals surface area (Å²) in [5, 5.41) is 9.89. The third-order valence-electron chi connectivity index (χ3n) is 3.76. The number of alkyl halides is 3. The standard InChI is InChI=1S/C15H14F3N5O2S/c1-8(26-14-21-19-7-22(14)2)13(25)23-6-12(24)20-10-5-9(15(16,17)18)3-4-11(10)23/h3-5,7-8H,6H2,1-2H3,(H,20,24). The molecule has 0 bridgehead atoms. The second-order valence-corrected chi connectivity index (χ2v) is 6.99. The molecule has 2 aromatic rings. The van der Waals surface area contributed by atoms with Crippen LogP contribution in [0.5, 0.6) is 0 Å². The van der Waals surface area contributed by atoms with Gasteiger partial charge in [-0.25, -0.2) is 0 Å². The van der Waals surface area contributed by atoms with Gasteiger partial charge in [0, 0.05) is 7.05 Å². The zero-order valence-corrected chi connectivity index (χ0v) is 14.6. The molecule has 0 fully saturated rings. The fourth-order valence-electron chi connectivity index (χ4n) is 2.47. The van der Waals surface area contributed by atoms with Crippen LogP contribution in [0, 0.1) is 0 Å². The molecule has 0 saturated carbocycles. The Bertz CT molecular complexity index is 867. The van der Waals surface area contributed by atoms with Gasteiger partial charge in [0.25, 0.3) is 0 Å². The van der Waals surface area contributed by atoms with E-state index in [1.165, 1.54) is 17.3 Å². The van der Waals surface area contributed by atoms with E-state index in [4.69, 9.17) is 0 Å². The molecule has 1 aromatic heterocycles. The van der Waals surface area contributed by atoms with Crippen LogP contribution in [0.4, 0.5) is 24.5 Å². The summed E-state index contributed by atoms with van der Waals surface area (Å²) in [7, 11) is 1.72. The van der Waals surface area contributed by atoms with Gasteiger partial charge in [0.15, 0.2) is 5.16 Å². The molecule has 11 heteroatoms. The highest BCUT2D eigenvalue weighted by Crippen LogP contribution is 2.37. The maximum absolute atomic E-state index is 12.9. The quantitative estimate of drug-likeness (QED) is 0.820. The van der Waals surface area contributed by atoms with Crippen LogP contribution in [0.3, 0.4) is 0 Å². The van der Waals surface area contributed by atoms with Gasteiger partial charge in [-0.15, -0.1) is 10.2 Å². The first kappa shape index (κ1) is 18.2. The van der Waals surface area contributed by atoms with Crippen LogP contribution < -0.4 is 10.2 Å². The van der Waals surface area contributed by atoms with Crippen molar-refractivity contribution < 1.29 is 22.8 Å². The van der Waals surface area contributed by atoms with E-state index in [1.807, 2.05) is 0 Å². The van der Waals surface area contributed by atoms with Gasteiger partial charge >= 0.3 is 6.18 Å². The number of carbonyl (C=O) groups is 2. The van der Waals surface area contributed by atoms with Crippen LogP contribution in [0.1, 0.15) is 12.5 Å². The number of carbonyl (C=O) groups excluding carboxylic acids is 2. The van der Waals surface area contributed by atoms with Crippen LogP contribution in [-0.2, 0) is 22.8 Å². The fraction of sp³-hybridized carbons (Fsp3) is 0.333. The van der Waals surface area contributed by atoms with E-state index in [0.717, 1.165) is 23.9 Å². The van der Waals surface area contributed by atoms with Gasteiger partial charge in [-0.05, 0) is 25.1 Å². The van der Waals surface area contributed by atoms with Gasteiger partial charge in [-0.1, -0.05) is 11.8 Å². The maximum atomic E-state index is 12.9. The molecule has 138 valence electrons. The van der Waals surface area contributed by atoms with Crippen molar-refractivity contribution in [3.63, 3.8) is 0 Å². The molecule has 2 amide bonds. The summed E-state index contributed by atoms with van der Waals surface area (Å²) in [6.45, 7) is 1.37.